The number of fused-ring (bicyclic) bond motifs is 1. The highest BCUT2D eigenvalue weighted by Gasteiger charge is 2.24. The Labute approximate surface area is 171 Å². The van der Waals surface area contributed by atoms with E-state index in [-0.39, 0.29) is 11.4 Å². The van der Waals surface area contributed by atoms with Crippen molar-refractivity contribution in [3.05, 3.63) is 72.3 Å². The van der Waals surface area contributed by atoms with Gasteiger partial charge in [-0.05, 0) is 36.4 Å². The van der Waals surface area contributed by atoms with Gasteiger partial charge in [0.1, 0.15) is 11.6 Å². The van der Waals surface area contributed by atoms with Crippen LogP contribution in [0.25, 0.3) is 22.0 Å². The lowest BCUT2D eigenvalue weighted by Gasteiger charge is -2.20. The quantitative estimate of drug-likeness (QED) is 0.446. The summed E-state index contributed by atoms with van der Waals surface area (Å²) in [5.74, 6) is -3.09. The lowest BCUT2D eigenvalue weighted by Crippen LogP contribution is -2.19. The second kappa shape index (κ2) is 7.39. The molecule has 0 radical (unpaired) electrons. The number of furan rings is 1. The average molecular weight is 432 g/mol. The summed E-state index contributed by atoms with van der Waals surface area (Å²) >= 11 is -2.66. The number of aromatic nitrogens is 1. The van der Waals surface area contributed by atoms with Crippen LogP contribution in [0.15, 0.2) is 59.5 Å². The molecule has 0 amide bonds. The molecule has 0 aliphatic heterocycles. The standard InChI is InChI=1S/C20H14F2N2O5S/c1-23-9-18(16-7-12(21)6-14(19(16)23)11-4-5-29-10-11)24(30(27)28)13-2-3-17(22)15(8-13)20(25)26/h2-10H,1H3,(H,25,26)(H,27,28). The maximum absolute atomic E-state index is 14.4. The largest absolute Gasteiger partial charge is 0.478 e. The summed E-state index contributed by atoms with van der Waals surface area (Å²) in [6, 6.07) is 7.18. The Balaban J connectivity index is 1.99. The van der Waals surface area contributed by atoms with Crippen molar-refractivity contribution in [2.24, 2.45) is 7.05 Å². The summed E-state index contributed by atoms with van der Waals surface area (Å²) in [7, 11) is 1.68. The molecule has 0 spiro atoms. The minimum Gasteiger partial charge on any atom is -0.478 e. The first kappa shape index (κ1) is 19.8. The fourth-order valence-electron chi connectivity index (χ4n) is 3.41. The molecule has 2 heterocycles. The molecule has 1 atom stereocenters. The Morgan fingerprint density at radius 1 is 1.20 bits per heavy atom. The number of aryl methyl sites for hydroxylation is 1. The zero-order chi connectivity index (χ0) is 21.6. The number of nitrogens with zero attached hydrogens (tertiary/aromatic N) is 2. The van der Waals surface area contributed by atoms with Crippen LogP contribution < -0.4 is 4.31 Å². The zero-order valence-electron chi connectivity index (χ0n) is 15.4. The molecule has 0 fully saturated rings. The average Bonchev–Trinajstić information content (AvgIpc) is 3.31. The normalized spacial score (nSPS) is 12.3. The van der Waals surface area contributed by atoms with Gasteiger partial charge in [-0.2, -0.15) is 0 Å². The van der Waals surface area contributed by atoms with Crippen molar-refractivity contribution in [2.75, 3.05) is 4.31 Å². The lowest BCUT2D eigenvalue weighted by atomic mass is 10.0. The van der Waals surface area contributed by atoms with Crippen LogP contribution in [0, 0.1) is 11.6 Å². The molecular formula is C20H14F2N2O5S. The van der Waals surface area contributed by atoms with Gasteiger partial charge in [0.15, 0.2) is 0 Å². The number of anilines is 2. The second-order valence-corrected chi connectivity index (χ2v) is 7.31. The molecule has 0 bridgehead atoms. The van der Waals surface area contributed by atoms with Crippen LogP contribution in [-0.4, -0.2) is 24.4 Å². The summed E-state index contributed by atoms with van der Waals surface area (Å²) in [6.45, 7) is 0. The number of hydrogen-bond donors (Lipinski definition) is 2. The van der Waals surface area contributed by atoms with Crippen molar-refractivity contribution >= 4 is 39.5 Å². The van der Waals surface area contributed by atoms with Crippen molar-refractivity contribution in [3.8, 4) is 11.1 Å². The number of carbonyl (C=O) groups is 1. The van der Waals surface area contributed by atoms with Gasteiger partial charge in [0.05, 0.1) is 35.0 Å². The summed E-state index contributed by atoms with van der Waals surface area (Å²) < 4.78 is 58.0. The number of benzene rings is 2. The maximum atomic E-state index is 14.4. The smallest absolute Gasteiger partial charge is 0.338 e. The van der Waals surface area contributed by atoms with Gasteiger partial charge < -0.3 is 14.1 Å². The van der Waals surface area contributed by atoms with Crippen LogP contribution in [0.2, 0.25) is 0 Å². The first-order valence-electron chi connectivity index (χ1n) is 8.53. The first-order chi connectivity index (χ1) is 14.3. The number of aromatic carboxylic acids is 1. The van der Waals surface area contributed by atoms with Gasteiger partial charge in [-0.1, -0.05) is 0 Å². The highest BCUT2D eigenvalue weighted by atomic mass is 32.2. The highest BCUT2D eigenvalue weighted by Crippen LogP contribution is 2.40. The first-order valence-corrected chi connectivity index (χ1v) is 9.59. The Bertz CT molecular complexity index is 1300. The fourth-order valence-corrected chi connectivity index (χ4v) is 4.02. The van der Waals surface area contributed by atoms with Crippen LogP contribution in [-0.2, 0) is 18.3 Å². The Morgan fingerprint density at radius 2 is 1.97 bits per heavy atom. The van der Waals surface area contributed by atoms with E-state index in [0.29, 0.717) is 22.0 Å². The van der Waals surface area contributed by atoms with E-state index in [4.69, 9.17) is 4.42 Å². The maximum Gasteiger partial charge on any atom is 0.338 e. The monoisotopic (exact) mass is 432 g/mol. The van der Waals surface area contributed by atoms with E-state index in [1.54, 1.807) is 17.7 Å². The lowest BCUT2D eigenvalue weighted by molar-refractivity contribution is 0.0692. The number of rotatable bonds is 5. The zero-order valence-corrected chi connectivity index (χ0v) is 16.2. The van der Waals surface area contributed by atoms with Gasteiger partial charge >= 0.3 is 5.97 Å². The number of halogens is 2. The summed E-state index contributed by atoms with van der Waals surface area (Å²) in [6.07, 6.45) is 4.39. The Morgan fingerprint density at radius 3 is 2.60 bits per heavy atom. The van der Waals surface area contributed by atoms with Crippen LogP contribution in [0.4, 0.5) is 20.2 Å². The molecule has 154 valence electrons. The van der Waals surface area contributed by atoms with Gasteiger partial charge in [0, 0.05) is 29.8 Å². The molecule has 2 aromatic heterocycles. The van der Waals surface area contributed by atoms with E-state index in [0.717, 1.165) is 16.4 Å². The van der Waals surface area contributed by atoms with Crippen molar-refractivity contribution in [3.63, 3.8) is 0 Å². The van der Waals surface area contributed by atoms with E-state index in [9.17, 15) is 27.4 Å². The van der Waals surface area contributed by atoms with E-state index in [2.05, 4.69) is 0 Å². The molecule has 2 N–H and O–H groups in total. The van der Waals surface area contributed by atoms with Gasteiger partial charge in [-0.15, -0.1) is 0 Å². The number of carboxylic acids is 1. The van der Waals surface area contributed by atoms with Crippen LogP contribution >= 0.6 is 0 Å². The molecular weight excluding hydrogens is 418 g/mol. The fraction of sp³-hybridized carbons (Fsp3) is 0.0500. The minimum atomic E-state index is -2.66. The van der Waals surface area contributed by atoms with Crippen molar-refractivity contribution in [1.29, 1.82) is 0 Å². The SMILES string of the molecule is Cn1cc(N(c2ccc(F)c(C(=O)O)c2)S(=O)O)c2cc(F)cc(-c3ccoc3)c21. The van der Waals surface area contributed by atoms with E-state index in [1.807, 2.05) is 0 Å². The molecule has 0 saturated heterocycles. The van der Waals surface area contributed by atoms with Crippen molar-refractivity contribution in [1.82, 2.24) is 4.57 Å². The molecule has 0 aliphatic carbocycles. The second-order valence-electron chi connectivity index (χ2n) is 6.48. The predicted octanol–water partition coefficient (Wildman–Crippen LogP) is 4.69. The molecule has 1 unspecified atom stereocenters. The third-order valence-corrected chi connectivity index (χ3v) is 5.36. The van der Waals surface area contributed by atoms with Crippen LogP contribution in [0.5, 0.6) is 0 Å². The van der Waals surface area contributed by atoms with E-state index >= 15 is 0 Å². The third kappa shape index (κ3) is 3.25. The Kier molecular flexibility index (Phi) is 4.88. The minimum absolute atomic E-state index is 0.0451. The van der Waals surface area contributed by atoms with Gasteiger partial charge in [-0.3, -0.25) is 4.55 Å². The summed E-state index contributed by atoms with van der Waals surface area (Å²) in [5, 5.41) is 9.48. The van der Waals surface area contributed by atoms with E-state index < -0.39 is 34.4 Å². The molecule has 2 aromatic carbocycles. The highest BCUT2D eigenvalue weighted by molar-refractivity contribution is 7.81. The van der Waals surface area contributed by atoms with Gasteiger partial charge in [0.2, 0.25) is 0 Å². The third-order valence-electron chi connectivity index (χ3n) is 4.64. The molecule has 7 nitrogen and oxygen atoms in total. The summed E-state index contributed by atoms with van der Waals surface area (Å²) in [4.78, 5) is 11.3. The predicted molar refractivity (Wildman–Crippen MR) is 107 cm³/mol. The number of hydrogen-bond acceptors (Lipinski definition) is 3. The van der Waals surface area contributed by atoms with Crippen LogP contribution in [0.1, 0.15) is 10.4 Å². The molecule has 0 aliphatic rings. The van der Waals surface area contributed by atoms with E-state index in [1.165, 1.54) is 36.9 Å². The molecule has 30 heavy (non-hydrogen) atoms. The molecule has 10 heteroatoms. The molecule has 4 rings (SSSR count). The number of carboxylic acid groups (broad SMARTS) is 1. The molecule has 4 aromatic rings. The summed E-state index contributed by atoms with van der Waals surface area (Å²) in [5.41, 5.74) is 1.11. The van der Waals surface area contributed by atoms with Crippen LogP contribution in [0.3, 0.4) is 0 Å². The molecule has 0 saturated carbocycles. The Hall–Kier alpha value is -3.50. The van der Waals surface area contributed by atoms with Gasteiger partial charge in [0.25, 0.3) is 11.3 Å². The van der Waals surface area contributed by atoms with Crippen molar-refractivity contribution in [2.45, 2.75) is 0 Å². The topological polar surface area (TPSA) is 95.9 Å². The van der Waals surface area contributed by atoms with Gasteiger partial charge in [-0.25, -0.2) is 22.1 Å². The van der Waals surface area contributed by atoms with Crippen molar-refractivity contribution < 1.29 is 31.9 Å².